The highest BCUT2D eigenvalue weighted by Gasteiger charge is 2.10. The summed E-state index contributed by atoms with van der Waals surface area (Å²) in [7, 11) is 0. The Kier molecular flexibility index (Phi) is 3.26. The van der Waals surface area contributed by atoms with E-state index in [2.05, 4.69) is 5.10 Å². The number of nitrogens with zero attached hydrogens (tertiary/aromatic N) is 4. The van der Waals surface area contributed by atoms with Gasteiger partial charge in [-0.3, -0.25) is 24.9 Å². The molecular formula is C14H10N4O4. The SMILES string of the molecule is O=[N+]([O-])c1ccc(Cn2ncc3cc([N+](=O)[O-])ccc32)cc1. The molecule has 0 atom stereocenters. The fourth-order valence-corrected chi connectivity index (χ4v) is 2.21. The summed E-state index contributed by atoms with van der Waals surface area (Å²) >= 11 is 0. The summed E-state index contributed by atoms with van der Waals surface area (Å²) in [6.07, 6.45) is 1.56. The number of hydrogen-bond donors (Lipinski definition) is 0. The molecule has 0 saturated heterocycles. The van der Waals surface area contributed by atoms with Crippen molar-refractivity contribution in [2.75, 3.05) is 0 Å². The fraction of sp³-hybridized carbons (Fsp3) is 0.0714. The zero-order chi connectivity index (χ0) is 15.7. The molecule has 8 heteroatoms. The van der Waals surface area contributed by atoms with Gasteiger partial charge in [0.1, 0.15) is 0 Å². The number of fused-ring (bicyclic) bond motifs is 1. The lowest BCUT2D eigenvalue weighted by atomic mass is 10.2. The maximum atomic E-state index is 10.8. The topological polar surface area (TPSA) is 104 Å². The van der Waals surface area contributed by atoms with Crippen LogP contribution in [0.15, 0.2) is 48.7 Å². The van der Waals surface area contributed by atoms with Crippen molar-refractivity contribution in [1.82, 2.24) is 9.78 Å². The minimum absolute atomic E-state index is 0.0161. The van der Waals surface area contributed by atoms with E-state index in [1.807, 2.05) is 0 Å². The Morgan fingerprint density at radius 1 is 0.955 bits per heavy atom. The third kappa shape index (κ3) is 2.49. The second kappa shape index (κ2) is 5.24. The second-order valence-electron chi connectivity index (χ2n) is 4.73. The number of nitro groups is 2. The summed E-state index contributed by atoms with van der Waals surface area (Å²) in [5.41, 5.74) is 1.67. The molecule has 0 aliphatic rings. The highest BCUT2D eigenvalue weighted by molar-refractivity contribution is 5.81. The standard InChI is InChI=1S/C14H10N4O4/c19-17(20)12-3-1-10(2-4-12)9-16-14-6-5-13(18(21)22)7-11(14)8-15-16/h1-8H,9H2. The maximum Gasteiger partial charge on any atom is 0.270 e. The van der Waals surface area contributed by atoms with E-state index in [4.69, 9.17) is 0 Å². The van der Waals surface area contributed by atoms with Gasteiger partial charge in [-0.2, -0.15) is 5.10 Å². The van der Waals surface area contributed by atoms with Crippen molar-refractivity contribution >= 4 is 22.3 Å². The van der Waals surface area contributed by atoms with Crippen LogP contribution in [0.2, 0.25) is 0 Å². The first-order valence-electron chi connectivity index (χ1n) is 6.38. The minimum atomic E-state index is -0.452. The highest BCUT2D eigenvalue weighted by Crippen LogP contribution is 2.21. The van der Waals surface area contributed by atoms with E-state index in [9.17, 15) is 20.2 Å². The Morgan fingerprint density at radius 2 is 1.59 bits per heavy atom. The molecule has 0 radical (unpaired) electrons. The van der Waals surface area contributed by atoms with Crippen LogP contribution in [0.25, 0.3) is 10.9 Å². The number of hydrogen-bond acceptors (Lipinski definition) is 5. The largest absolute Gasteiger partial charge is 0.270 e. The Labute approximate surface area is 123 Å². The summed E-state index contributed by atoms with van der Waals surface area (Å²) in [5.74, 6) is 0. The van der Waals surface area contributed by atoms with Crippen LogP contribution in [0.3, 0.4) is 0 Å². The van der Waals surface area contributed by atoms with Gasteiger partial charge >= 0.3 is 0 Å². The van der Waals surface area contributed by atoms with Gasteiger partial charge in [-0.05, 0) is 11.6 Å². The van der Waals surface area contributed by atoms with E-state index in [-0.39, 0.29) is 11.4 Å². The Hall–Kier alpha value is -3.29. The average Bonchev–Trinajstić information content (AvgIpc) is 2.90. The maximum absolute atomic E-state index is 10.8. The number of aromatic nitrogens is 2. The summed E-state index contributed by atoms with van der Waals surface area (Å²) < 4.78 is 1.69. The molecule has 22 heavy (non-hydrogen) atoms. The quantitative estimate of drug-likeness (QED) is 0.544. The van der Waals surface area contributed by atoms with Crippen LogP contribution >= 0.6 is 0 Å². The molecule has 8 nitrogen and oxygen atoms in total. The molecule has 0 fully saturated rings. The zero-order valence-corrected chi connectivity index (χ0v) is 11.2. The Balaban J connectivity index is 1.90. The van der Waals surface area contributed by atoms with Gasteiger partial charge in [0.05, 0.1) is 28.1 Å². The van der Waals surface area contributed by atoms with Crippen LogP contribution in [0.4, 0.5) is 11.4 Å². The lowest BCUT2D eigenvalue weighted by molar-refractivity contribution is -0.385. The molecule has 0 unspecified atom stereocenters. The van der Waals surface area contributed by atoms with E-state index in [0.717, 1.165) is 11.1 Å². The van der Waals surface area contributed by atoms with Gasteiger partial charge < -0.3 is 0 Å². The van der Waals surface area contributed by atoms with E-state index in [0.29, 0.717) is 11.9 Å². The Morgan fingerprint density at radius 3 is 2.23 bits per heavy atom. The average molecular weight is 298 g/mol. The summed E-state index contributed by atoms with van der Waals surface area (Å²) in [5, 5.41) is 26.3. The number of nitro benzene ring substituents is 2. The minimum Gasteiger partial charge on any atom is -0.260 e. The fourth-order valence-electron chi connectivity index (χ4n) is 2.21. The lowest BCUT2D eigenvalue weighted by Gasteiger charge is -2.04. The van der Waals surface area contributed by atoms with Crippen molar-refractivity contribution in [3.8, 4) is 0 Å². The molecule has 1 heterocycles. The third-order valence-corrected chi connectivity index (χ3v) is 3.32. The molecule has 0 amide bonds. The first-order chi connectivity index (χ1) is 10.5. The molecule has 3 rings (SSSR count). The van der Waals surface area contributed by atoms with Crippen molar-refractivity contribution in [3.05, 3.63) is 74.5 Å². The van der Waals surface area contributed by atoms with Gasteiger partial charge in [0.2, 0.25) is 0 Å². The monoisotopic (exact) mass is 298 g/mol. The predicted molar refractivity (Wildman–Crippen MR) is 78.6 cm³/mol. The smallest absolute Gasteiger partial charge is 0.260 e. The molecule has 3 aromatic rings. The second-order valence-corrected chi connectivity index (χ2v) is 4.73. The van der Waals surface area contributed by atoms with Gasteiger partial charge in [-0.25, -0.2) is 0 Å². The van der Waals surface area contributed by atoms with Crippen molar-refractivity contribution in [2.24, 2.45) is 0 Å². The summed E-state index contributed by atoms with van der Waals surface area (Å²) in [6, 6.07) is 10.7. The van der Waals surface area contributed by atoms with Gasteiger partial charge in [0.25, 0.3) is 11.4 Å². The van der Waals surface area contributed by atoms with Crippen LogP contribution in [-0.4, -0.2) is 19.6 Å². The van der Waals surface area contributed by atoms with Crippen LogP contribution in [0.1, 0.15) is 5.56 Å². The van der Waals surface area contributed by atoms with E-state index < -0.39 is 9.85 Å². The highest BCUT2D eigenvalue weighted by atomic mass is 16.6. The molecule has 0 bridgehead atoms. The van der Waals surface area contributed by atoms with Gasteiger partial charge in [-0.15, -0.1) is 0 Å². The van der Waals surface area contributed by atoms with E-state index in [1.165, 1.54) is 24.3 Å². The van der Waals surface area contributed by atoms with Gasteiger partial charge in [0, 0.05) is 29.7 Å². The van der Waals surface area contributed by atoms with Crippen LogP contribution in [0, 0.1) is 20.2 Å². The van der Waals surface area contributed by atoms with Crippen molar-refractivity contribution in [3.63, 3.8) is 0 Å². The Bertz CT molecular complexity index is 870. The van der Waals surface area contributed by atoms with Crippen molar-refractivity contribution in [1.29, 1.82) is 0 Å². The molecular weight excluding hydrogens is 288 g/mol. The first-order valence-corrected chi connectivity index (χ1v) is 6.38. The molecule has 0 aliphatic heterocycles. The number of rotatable bonds is 4. The number of benzene rings is 2. The number of non-ortho nitro benzene ring substituents is 2. The van der Waals surface area contributed by atoms with Gasteiger partial charge in [0.15, 0.2) is 0 Å². The van der Waals surface area contributed by atoms with Crippen molar-refractivity contribution < 1.29 is 9.85 Å². The summed E-state index contributed by atoms with van der Waals surface area (Å²) in [4.78, 5) is 20.5. The molecule has 1 aromatic heterocycles. The summed E-state index contributed by atoms with van der Waals surface area (Å²) in [6.45, 7) is 0.430. The van der Waals surface area contributed by atoms with Crippen LogP contribution in [-0.2, 0) is 6.54 Å². The van der Waals surface area contributed by atoms with E-state index >= 15 is 0 Å². The molecule has 0 aliphatic carbocycles. The molecule has 0 saturated carbocycles. The predicted octanol–water partition coefficient (Wildman–Crippen LogP) is 2.90. The van der Waals surface area contributed by atoms with Crippen LogP contribution in [0.5, 0.6) is 0 Å². The molecule has 0 N–H and O–H groups in total. The van der Waals surface area contributed by atoms with Crippen molar-refractivity contribution in [2.45, 2.75) is 6.54 Å². The third-order valence-electron chi connectivity index (χ3n) is 3.32. The van der Waals surface area contributed by atoms with Crippen LogP contribution < -0.4 is 0 Å². The van der Waals surface area contributed by atoms with E-state index in [1.54, 1.807) is 29.1 Å². The molecule has 0 spiro atoms. The zero-order valence-electron chi connectivity index (χ0n) is 11.2. The molecule has 110 valence electrons. The van der Waals surface area contributed by atoms with Gasteiger partial charge in [-0.1, -0.05) is 12.1 Å². The molecule has 2 aromatic carbocycles. The first kappa shape index (κ1) is 13.7. The lowest BCUT2D eigenvalue weighted by Crippen LogP contribution is -2.01. The normalized spacial score (nSPS) is 10.7.